The van der Waals surface area contributed by atoms with Gasteiger partial charge in [0.2, 0.25) is 5.75 Å². The summed E-state index contributed by atoms with van der Waals surface area (Å²) in [6.07, 6.45) is 1.69. The molecule has 2 rings (SSSR count). The van der Waals surface area contributed by atoms with E-state index in [9.17, 15) is 0 Å². The van der Waals surface area contributed by atoms with E-state index in [0.717, 1.165) is 0 Å². The van der Waals surface area contributed by atoms with E-state index in [1.54, 1.807) is 26.5 Å². The lowest BCUT2D eigenvalue weighted by atomic mass is 10.2. The second-order valence-electron chi connectivity index (χ2n) is 3.73. The normalized spacial score (nSPS) is 9.89. The van der Waals surface area contributed by atoms with Gasteiger partial charge < -0.3 is 14.8 Å². The summed E-state index contributed by atoms with van der Waals surface area (Å²) in [6.45, 7) is 0.692. The molecule has 0 bridgehead atoms. The molecule has 94 valence electrons. The van der Waals surface area contributed by atoms with E-state index in [0.29, 0.717) is 23.9 Å². The van der Waals surface area contributed by atoms with E-state index < -0.39 is 0 Å². The number of aromatic nitrogens is 1. The van der Waals surface area contributed by atoms with E-state index >= 15 is 0 Å². The SMILES string of the molecule is COc1ccnc(NCc2ccccc2)c1OC. The Morgan fingerprint density at radius 3 is 2.50 bits per heavy atom. The molecule has 4 heteroatoms. The molecule has 18 heavy (non-hydrogen) atoms. The highest BCUT2D eigenvalue weighted by Gasteiger charge is 2.10. The summed E-state index contributed by atoms with van der Waals surface area (Å²) in [7, 11) is 3.21. The average Bonchev–Trinajstić information content (AvgIpc) is 2.45. The smallest absolute Gasteiger partial charge is 0.203 e. The molecule has 0 atom stereocenters. The van der Waals surface area contributed by atoms with Gasteiger partial charge in [-0.15, -0.1) is 0 Å². The number of anilines is 1. The molecule has 0 saturated heterocycles. The highest BCUT2D eigenvalue weighted by atomic mass is 16.5. The van der Waals surface area contributed by atoms with Crippen LogP contribution in [-0.4, -0.2) is 19.2 Å². The molecule has 1 heterocycles. The van der Waals surface area contributed by atoms with Crippen LogP contribution in [0, 0.1) is 0 Å². The summed E-state index contributed by atoms with van der Waals surface area (Å²) in [5.41, 5.74) is 1.18. The minimum Gasteiger partial charge on any atom is -0.493 e. The Bertz CT molecular complexity index is 500. The standard InChI is InChI=1S/C14H16N2O2/c1-17-12-8-9-15-14(13(12)18-2)16-10-11-6-4-3-5-7-11/h3-9H,10H2,1-2H3,(H,15,16). The van der Waals surface area contributed by atoms with Gasteiger partial charge in [-0.3, -0.25) is 0 Å². The number of rotatable bonds is 5. The van der Waals surface area contributed by atoms with Crippen LogP contribution in [0.25, 0.3) is 0 Å². The van der Waals surface area contributed by atoms with Crippen molar-refractivity contribution >= 4 is 5.82 Å². The van der Waals surface area contributed by atoms with Crippen molar-refractivity contribution in [1.82, 2.24) is 4.98 Å². The van der Waals surface area contributed by atoms with Crippen molar-refractivity contribution in [2.24, 2.45) is 0 Å². The first kappa shape index (κ1) is 12.2. The number of methoxy groups -OCH3 is 2. The van der Waals surface area contributed by atoms with Crippen molar-refractivity contribution < 1.29 is 9.47 Å². The van der Waals surface area contributed by atoms with Gasteiger partial charge in [-0.2, -0.15) is 0 Å². The Morgan fingerprint density at radius 2 is 1.83 bits per heavy atom. The van der Waals surface area contributed by atoms with Crippen LogP contribution in [-0.2, 0) is 6.54 Å². The highest BCUT2D eigenvalue weighted by molar-refractivity contribution is 5.58. The summed E-state index contributed by atoms with van der Waals surface area (Å²) in [5.74, 6) is 1.97. The fraction of sp³-hybridized carbons (Fsp3) is 0.214. The summed E-state index contributed by atoms with van der Waals surface area (Å²) < 4.78 is 10.5. The predicted octanol–water partition coefficient (Wildman–Crippen LogP) is 2.71. The Morgan fingerprint density at radius 1 is 1.06 bits per heavy atom. The maximum atomic E-state index is 5.31. The van der Waals surface area contributed by atoms with E-state index in [4.69, 9.17) is 9.47 Å². The molecule has 0 fully saturated rings. The lowest BCUT2D eigenvalue weighted by molar-refractivity contribution is 0.355. The zero-order valence-corrected chi connectivity index (χ0v) is 10.5. The maximum absolute atomic E-state index is 5.31. The third kappa shape index (κ3) is 2.71. The lowest BCUT2D eigenvalue weighted by Gasteiger charge is -2.12. The van der Waals surface area contributed by atoms with Crippen LogP contribution in [0.2, 0.25) is 0 Å². The monoisotopic (exact) mass is 244 g/mol. The maximum Gasteiger partial charge on any atom is 0.203 e. The van der Waals surface area contributed by atoms with Crippen LogP contribution >= 0.6 is 0 Å². The van der Waals surface area contributed by atoms with Crippen LogP contribution in [0.1, 0.15) is 5.56 Å². The quantitative estimate of drug-likeness (QED) is 0.878. The third-order valence-electron chi connectivity index (χ3n) is 2.60. The van der Waals surface area contributed by atoms with Gasteiger partial charge >= 0.3 is 0 Å². The Balaban J connectivity index is 2.14. The van der Waals surface area contributed by atoms with Crippen molar-refractivity contribution in [3.05, 3.63) is 48.2 Å². The molecule has 0 aliphatic rings. The van der Waals surface area contributed by atoms with Gasteiger partial charge in [0.05, 0.1) is 14.2 Å². The lowest BCUT2D eigenvalue weighted by Crippen LogP contribution is -2.04. The summed E-state index contributed by atoms with van der Waals surface area (Å²) in [6, 6.07) is 11.9. The van der Waals surface area contributed by atoms with Gasteiger partial charge in [-0.1, -0.05) is 30.3 Å². The Labute approximate surface area is 107 Å². The molecule has 1 aromatic carbocycles. The topological polar surface area (TPSA) is 43.4 Å². The predicted molar refractivity (Wildman–Crippen MR) is 71.1 cm³/mol. The molecule has 1 aromatic heterocycles. The van der Waals surface area contributed by atoms with E-state index in [2.05, 4.69) is 22.4 Å². The molecular weight excluding hydrogens is 228 g/mol. The van der Waals surface area contributed by atoms with Gasteiger partial charge in [0.15, 0.2) is 11.6 Å². The third-order valence-corrected chi connectivity index (χ3v) is 2.60. The van der Waals surface area contributed by atoms with Gasteiger partial charge in [0, 0.05) is 18.8 Å². The molecule has 0 amide bonds. The molecule has 1 N–H and O–H groups in total. The van der Waals surface area contributed by atoms with Crippen LogP contribution in [0.4, 0.5) is 5.82 Å². The van der Waals surface area contributed by atoms with Crippen molar-refractivity contribution in [3.63, 3.8) is 0 Å². The van der Waals surface area contributed by atoms with Gasteiger partial charge in [-0.05, 0) is 5.56 Å². The zero-order chi connectivity index (χ0) is 12.8. The van der Waals surface area contributed by atoms with Gasteiger partial charge in [0.1, 0.15) is 0 Å². The molecule has 2 aromatic rings. The number of ether oxygens (including phenoxy) is 2. The second-order valence-corrected chi connectivity index (χ2v) is 3.73. The molecule has 0 unspecified atom stereocenters. The summed E-state index contributed by atoms with van der Waals surface area (Å²) in [4.78, 5) is 4.26. The first-order valence-electron chi connectivity index (χ1n) is 5.70. The molecule has 0 saturated carbocycles. The minimum atomic E-state index is 0.621. The van der Waals surface area contributed by atoms with Crippen LogP contribution in [0.5, 0.6) is 11.5 Å². The van der Waals surface area contributed by atoms with Crippen LogP contribution in [0.3, 0.4) is 0 Å². The number of benzene rings is 1. The van der Waals surface area contributed by atoms with Gasteiger partial charge in [0.25, 0.3) is 0 Å². The summed E-state index contributed by atoms with van der Waals surface area (Å²) in [5, 5.41) is 3.24. The van der Waals surface area contributed by atoms with Crippen LogP contribution < -0.4 is 14.8 Å². The summed E-state index contributed by atoms with van der Waals surface area (Å²) >= 11 is 0. The number of hydrogen-bond donors (Lipinski definition) is 1. The zero-order valence-electron chi connectivity index (χ0n) is 10.5. The fourth-order valence-corrected chi connectivity index (χ4v) is 1.70. The van der Waals surface area contributed by atoms with Crippen molar-refractivity contribution in [3.8, 4) is 11.5 Å². The number of nitrogens with one attached hydrogen (secondary N) is 1. The van der Waals surface area contributed by atoms with E-state index in [1.807, 2.05) is 18.2 Å². The van der Waals surface area contributed by atoms with Crippen molar-refractivity contribution in [2.45, 2.75) is 6.54 Å². The number of pyridine rings is 1. The van der Waals surface area contributed by atoms with Crippen molar-refractivity contribution in [2.75, 3.05) is 19.5 Å². The van der Waals surface area contributed by atoms with E-state index in [-0.39, 0.29) is 0 Å². The second kappa shape index (κ2) is 5.91. The van der Waals surface area contributed by atoms with Gasteiger partial charge in [-0.25, -0.2) is 4.98 Å². The fourth-order valence-electron chi connectivity index (χ4n) is 1.70. The minimum absolute atomic E-state index is 0.621. The number of nitrogens with zero attached hydrogens (tertiary/aromatic N) is 1. The highest BCUT2D eigenvalue weighted by Crippen LogP contribution is 2.32. The van der Waals surface area contributed by atoms with Crippen LogP contribution in [0.15, 0.2) is 42.6 Å². The molecule has 4 nitrogen and oxygen atoms in total. The Kier molecular flexibility index (Phi) is 4.02. The van der Waals surface area contributed by atoms with E-state index in [1.165, 1.54) is 5.56 Å². The first-order chi connectivity index (χ1) is 8.85. The van der Waals surface area contributed by atoms with Crippen molar-refractivity contribution in [1.29, 1.82) is 0 Å². The molecule has 0 spiro atoms. The first-order valence-corrected chi connectivity index (χ1v) is 5.70. The molecule has 0 aliphatic heterocycles. The Hall–Kier alpha value is -2.23. The average molecular weight is 244 g/mol. The molecular formula is C14H16N2O2. The molecule has 0 aliphatic carbocycles. The largest absolute Gasteiger partial charge is 0.493 e. The number of hydrogen-bond acceptors (Lipinski definition) is 4. The molecule has 0 radical (unpaired) electrons.